The van der Waals surface area contributed by atoms with Crippen LogP contribution in [-0.4, -0.2) is 5.78 Å². The molecule has 0 N–H and O–H groups in total. The molecule has 0 aliphatic rings. The van der Waals surface area contributed by atoms with Crippen LogP contribution in [0.4, 0.5) is 0 Å². The molecule has 2 nitrogen and oxygen atoms in total. The van der Waals surface area contributed by atoms with E-state index >= 15 is 0 Å². The Morgan fingerprint density at radius 3 is 2.54 bits per heavy atom. The number of ketones is 1. The summed E-state index contributed by atoms with van der Waals surface area (Å²) in [6, 6.07) is 9.66. The SMILES string of the molecule is C=C(OCc1ccccc1)C(C)=O. The van der Waals surface area contributed by atoms with Gasteiger partial charge in [-0.15, -0.1) is 0 Å². The number of hydrogen-bond acceptors (Lipinski definition) is 2. The molecule has 0 aliphatic carbocycles. The zero-order valence-corrected chi connectivity index (χ0v) is 7.62. The van der Waals surface area contributed by atoms with Crippen LogP contribution in [-0.2, 0) is 16.1 Å². The van der Waals surface area contributed by atoms with Crippen LogP contribution in [0.2, 0.25) is 0 Å². The van der Waals surface area contributed by atoms with Gasteiger partial charge in [0.2, 0.25) is 0 Å². The predicted molar refractivity (Wildman–Crippen MR) is 51.1 cm³/mol. The van der Waals surface area contributed by atoms with E-state index in [2.05, 4.69) is 6.58 Å². The molecule has 2 heteroatoms. The lowest BCUT2D eigenvalue weighted by atomic mass is 10.2. The van der Waals surface area contributed by atoms with E-state index in [9.17, 15) is 4.79 Å². The minimum atomic E-state index is -0.129. The summed E-state index contributed by atoms with van der Waals surface area (Å²) in [5, 5.41) is 0. The molecule has 0 atom stereocenters. The maximum Gasteiger partial charge on any atom is 0.193 e. The summed E-state index contributed by atoms with van der Waals surface area (Å²) in [6.45, 7) is 5.34. The Labute approximate surface area is 77.8 Å². The molecular formula is C11H12O2. The van der Waals surface area contributed by atoms with Gasteiger partial charge in [-0.1, -0.05) is 36.9 Å². The maximum atomic E-state index is 10.7. The molecule has 68 valence electrons. The Morgan fingerprint density at radius 1 is 1.38 bits per heavy atom. The Kier molecular flexibility index (Phi) is 3.26. The molecule has 0 bridgehead atoms. The van der Waals surface area contributed by atoms with E-state index in [0.29, 0.717) is 6.61 Å². The Bertz CT molecular complexity index is 301. The Hall–Kier alpha value is -1.57. The summed E-state index contributed by atoms with van der Waals surface area (Å²) >= 11 is 0. The number of allylic oxidation sites excluding steroid dienone is 1. The van der Waals surface area contributed by atoms with E-state index < -0.39 is 0 Å². The predicted octanol–water partition coefficient (Wildman–Crippen LogP) is 2.31. The van der Waals surface area contributed by atoms with Crippen molar-refractivity contribution in [2.45, 2.75) is 13.5 Å². The monoisotopic (exact) mass is 176 g/mol. The Morgan fingerprint density at radius 2 is 2.00 bits per heavy atom. The second-order valence-corrected chi connectivity index (χ2v) is 2.75. The van der Waals surface area contributed by atoms with Gasteiger partial charge in [0.25, 0.3) is 0 Å². The molecule has 0 aliphatic heterocycles. The summed E-state index contributed by atoms with van der Waals surface area (Å²) in [6.07, 6.45) is 0. The van der Waals surface area contributed by atoms with Crippen LogP contribution in [0.15, 0.2) is 42.7 Å². The number of benzene rings is 1. The highest BCUT2D eigenvalue weighted by Crippen LogP contribution is 2.04. The zero-order chi connectivity index (χ0) is 9.68. The first-order valence-electron chi connectivity index (χ1n) is 4.06. The topological polar surface area (TPSA) is 26.3 Å². The number of ether oxygens (including phenoxy) is 1. The van der Waals surface area contributed by atoms with Gasteiger partial charge in [-0.2, -0.15) is 0 Å². The molecule has 0 amide bonds. The molecule has 0 radical (unpaired) electrons. The second-order valence-electron chi connectivity index (χ2n) is 2.75. The second kappa shape index (κ2) is 4.45. The molecule has 0 saturated carbocycles. The van der Waals surface area contributed by atoms with Crippen LogP contribution < -0.4 is 0 Å². The first-order chi connectivity index (χ1) is 6.20. The van der Waals surface area contributed by atoms with E-state index in [4.69, 9.17) is 4.74 Å². The molecule has 0 spiro atoms. The highest BCUT2D eigenvalue weighted by molar-refractivity contribution is 5.90. The molecule has 0 fully saturated rings. The summed E-state index contributed by atoms with van der Waals surface area (Å²) < 4.78 is 5.15. The van der Waals surface area contributed by atoms with Gasteiger partial charge >= 0.3 is 0 Å². The maximum absolute atomic E-state index is 10.7. The third-order valence-corrected chi connectivity index (χ3v) is 1.65. The van der Waals surface area contributed by atoms with Crippen LogP contribution in [0.1, 0.15) is 12.5 Å². The first-order valence-corrected chi connectivity index (χ1v) is 4.06. The lowest BCUT2D eigenvalue weighted by molar-refractivity contribution is -0.117. The van der Waals surface area contributed by atoms with E-state index in [1.807, 2.05) is 30.3 Å². The zero-order valence-electron chi connectivity index (χ0n) is 7.62. The number of Topliss-reactive ketones (excluding diaryl/α,β-unsaturated/α-hetero) is 1. The normalized spacial score (nSPS) is 9.31. The highest BCUT2D eigenvalue weighted by Gasteiger charge is 2.00. The van der Waals surface area contributed by atoms with Crippen LogP contribution >= 0.6 is 0 Å². The standard InChI is InChI=1S/C11H12O2/c1-9(12)10(2)13-8-11-6-4-3-5-7-11/h3-7H,2,8H2,1H3. The lowest BCUT2D eigenvalue weighted by Crippen LogP contribution is -2.00. The molecule has 0 unspecified atom stereocenters. The molecule has 1 rings (SSSR count). The first kappa shape index (κ1) is 9.52. The van der Waals surface area contributed by atoms with Gasteiger partial charge in [0.15, 0.2) is 11.5 Å². The molecule has 0 aromatic heterocycles. The van der Waals surface area contributed by atoms with Gasteiger partial charge in [-0.3, -0.25) is 4.79 Å². The molecule has 13 heavy (non-hydrogen) atoms. The third-order valence-electron chi connectivity index (χ3n) is 1.65. The van der Waals surface area contributed by atoms with Gasteiger partial charge in [0, 0.05) is 6.92 Å². The quantitative estimate of drug-likeness (QED) is 0.519. The van der Waals surface area contributed by atoms with E-state index in [-0.39, 0.29) is 11.5 Å². The van der Waals surface area contributed by atoms with Crippen molar-refractivity contribution in [1.82, 2.24) is 0 Å². The van der Waals surface area contributed by atoms with Crippen molar-refractivity contribution >= 4 is 5.78 Å². The minimum absolute atomic E-state index is 0.129. The number of carbonyl (C=O) groups is 1. The van der Waals surface area contributed by atoms with Crippen molar-refractivity contribution in [2.24, 2.45) is 0 Å². The summed E-state index contributed by atoms with van der Waals surface area (Å²) in [4.78, 5) is 10.7. The van der Waals surface area contributed by atoms with E-state index in [1.54, 1.807) is 0 Å². The summed E-state index contributed by atoms with van der Waals surface area (Å²) in [7, 11) is 0. The van der Waals surface area contributed by atoms with Crippen molar-refractivity contribution in [1.29, 1.82) is 0 Å². The van der Waals surface area contributed by atoms with Crippen molar-refractivity contribution in [3.05, 3.63) is 48.2 Å². The van der Waals surface area contributed by atoms with Crippen molar-refractivity contribution < 1.29 is 9.53 Å². The average Bonchev–Trinajstić information content (AvgIpc) is 2.15. The number of carbonyl (C=O) groups excluding carboxylic acids is 1. The Balaban J connectivity index is 2.44. The van der Waals surface area contributed by atoms with Gasteiger partial charge in [-0.05, 0) is 5.56 Å². The lowest BCUT2D eigenvalue weighted by Gasteiger charge is -2.05. The number of hydrogen-bond donors (Lipinski definition) is 0. The van der Waals surface area contributed by atoms with Crippen LogP contribution in [0, 0.1) is 0 Å². The van der Waals surface area contributed by atoms with Crippen LogP contribution in [0.25, 0.3) is 0 Å². The molecule has 0 saturated heterocycles. The van der Waals surface area contributed by atoms with Crippen molar-refractivity contribution in [3.63, 3.8) is 0 Å². The smallest absolute Gasteiger partial charge is 0.193 e. The van der Waals surface area contributed by atoms with Gasteiger partial charge in [0.1, 0.15) is 6.61 Å². The summed E-state index contributed by atoms with van der Waals surface area (Å²) in [5.41, 5.74) is 1.03. The summed E-state index contributed by atoms with van der Waals surface area (Å²) in [5.74, 6) is 0.0831. The molecule has 0 heterocycles. The fraction of sp³-hybridized carbons (Fsp3) is 0.182. The number of rotatable bonds is 4. The van der Waals surface area contributed by atoms with Crippen LogP contribution in [0.3, 0.4) is 0 Å². The highest BCUT2D eigenvalue weighted by atomic mass is 16.5. The van der Waals surface area contributed by atoms with Crippen LogP contribution in [0.5, 0.6) is 0 Å². The van der Waals surface area contributed by atoms with Crippen molar-refractivity contribution in [3.8, 4) is 0 Å². The van der Waals surface area contributed by atoms with Gasteiger partial charge in [-0.25, -0.2) is 0 Å². The minimum Gasteiger partial charge on any atom is -0.486 e. The van der Waals surface area contributed by atoms with E-state index in [0.717, 1.165) is 5.56 Å². The average molecular weight is 176 g/mol. The fourth-order valence-corrected chi connectivity index (χ4v) is 0.846. The molecule has 1 aromatic carbocycles. The van der Waals surface area contributed by atoms with E-state index in [1.165, 1.54) is 6.92 Å². The third kappa shape index (κ3) is 3.11. The fourth-order valence-electron chi connectivity index (χ4n) is 0.846. The van der Waals surface area contributed by atoms with Gasteiger partial charge < -0.3 is 4.74 Å². The molecular weight excluding hydrogens is 164 g/mol. The largest absolute Gasteiger partial charge is 0.486 e. The molecule has 1 aromatic rings. The van der Waals surface area contributed by atoms with Crippen molar-refractivity contribution in [2.75, 3.05) is 0 Å². The van der Waals surface area contributed by atoms with Gasteiger partial charge in [0.05, 0.1) is 0 Å².